The van der Waals surface area contributed by atoms with Crippen LogP contribution in [0.1, 0.15) is 23.5 Å². The lowest BCUT2D eigenvalue weighted by molar-refractivity contribution is 0.218. The molecule has 0 unspecified atom stereocenters. The molecule has 2 atom stereocenters. The highest BCUT2D eigenvalue weighted by Gasteiger charge is 2.17. The van der Waals surface area contributed by atoms with E-state index in [9.17, 15) is 5.11 Å². The molecule has 1 nitrogen and oxygen atoms in total. The van der Waals surface area contributed by atoms with Gasteiger partial charge in [-0.2, -0.15) is 0 Å². The van der Waals surface area contributed by atoms with Gasteiger partial charge in [-0.25, -0.2) is 0 Å². The molecule has 0 aliphatic heterocycles. The van der Waals surface area contributed by atoms with E-state index in [1.54, 1.807) is 0 Å². The fourth-order valence-corrected chi connectivity index (χ4v) is 1.83. The van der Waals surface area contributed by atoms with Gasteiger partial charge in [-0.3, -0.25) is 0 Å². The van der Waals surface area contributed by atoms with E-state index in [1.807, 2.05) is 6.08 Å². The molecule has 0 heterocycles. The Hall–Kier alpha value is -1.08. The third-order valence-corrected chi connectivity index (χ3v) is 2.53. The highest BCUT2D eigenvalue weighted by molar-refractivity contribution is 5.30. The molecule has 1 N–H and O–H groups in total. The molecule has 1 aromatic carbocycles. The second-order valence-corrected chi connectivity index (χ2v) is 3.71. The van der Waals surface area contributed by atoms with Gasteiger partial charge in [0.25, 0.3) is 0 Å². The van der Waals surface area contributed by atoms with Crippen LogP contribution in [0.25, 0.3) is 0 Å². The van der Waals surface area contributed by atoms with Crippen molar-refractivity contribution in [2.24, 2.45) is 0 Å². The highest BCUT2D eigenvalue weighted by atomic mass is 16.3. The Labute approximate surface area is 78.7 Å². The molecule has 0 bridgehead atoms. The highest BCUT2D eigenvalue weighted by Crippen LogP contribution is 2.28. The molecule has 1 aliphatic rings. The minimum Gasteiger partial charge on any atom is -0.389 e. The summed E-state index contributed by atoms with van der Waals surface area (Å²) in [5.41, 5.74) is 2.60. The van der Waals surface area contributed by atoms with Crippen LogP contribution < -0.4 is 0 Å². The number of hydrogen-bond acceptors (Lipinski definition) is 1. The van der Waals surface area contributed by atoms with Crippen molar-refractivity contribution in [3.63, 3.8) is 0 Å². The zero-order valence-electron chi connectivity index (χ0n) is 7.77. The van der Waals surface area contributed by atoms with E-state index in [0.717, 1.165) is 6.42 Å². The van der Waals surface area contributed by atoms with Gasteiger partial charge in [-0.15, -0.1) is 0 Å². The Morgan fingerprint density at radius 3 is 2.77 bits per heavy atom. The first kappa shape index (κ1) is 8.52. The average Bonchev–Trinajstić information content (AvgIpc) is 2.52. The summed E-state index contributed by atoms with van der Waals surface area (Å²) >= 11 is 0. The molecule has 0 saturated carbocycles. The van der Waals surface area contributed by atoms with Crippen molar-refractivity contribution in [2.45, 2.75) is 25.4 Å². The van der Waals surface area contributed by atoms with Crippen LogP contribution in [0.15, 0.2) is 36.4 Å². The van der Waals surface area contributed by atoms with Crippen LogP contribution in [0.3, 0.4) is 0 Å². The Morgan fingerprint density at radius 2 is 2.15 bits per heavy atom. The summed E-state index contributed by atoms with van der Waals surface area (Å²) < 4.78 is 0. The molecule has 13 heavy (non-hydrogen) atoms. The van der Waals surface area contributed by atoms with Crippen molar-refractivity contribution in [3.05, 3.63) is 47.5 Å². The summed E-state index contributed by atoms with van der Waals surface area (Å²) in [4.78, 5) is 0. The molecule has 0 amide bonds. The maximum atomic E-state index is 9.34. The van der Waals surface area contributed by atoms with Gasteiger partial charge in [0.15, 0.2) is 0 Å². The topological polar surface area (TPSA) is 20.2 Å². The fraction of sp³-hybridized carbons (Fsp3) is 0.333. The number of aryl methyl sites for hydroxylation is 1. The number of benzene rings is 1. The summed E-state index contributed by atoms with van der Waals surface area (Å²) in [6.07, 6.45) is 4.57. The summed E-state index contributed by atoms with van der Waals surface area (Å²) in [6, 6.07) is 8.48. The van der Waals surface area contributed by atoms with Gasteiger partial charge in [0.2, 0.25) is 0 Å². The molecular formula is C12H14O. The van der Waals surface area contributed by atoms with E-state index < -0.39 is 0 Å². The first-order chi connectivity index (χ1) is 6.25. The lowest BCUT2D eigenvalue weighted by Crippen LogP contribution is -2.00. The first-order valence-electron chi connectivity index (χ1n) is 4.68. The molecule has 0 spiro atoms. The second kappa shape index (κ2) is 3.35. The fourth-order valence-electron chi connectivity index (χ4n) is 1.83. The minimum atomic E-state index is -0.245. The number of aliphatic hydroxyl groups is 1. The molecule has 2 rings (SSSR count). The third-order valence-electron chi connectivity index (χ3n) is 2.53. The largest absolute Gasteiger partial charge is 0.389 e. The third kappa shape index (κ3) is 1.81. The van der Waals surface area contributed by atoms with Crippen LogP contribution in [0.4, 0.5) is 0 Å². The van der Waals surface area contributed by atoms with Crippen LogP contribution in [0.5, 0.6) is 0 Å². The Bertz CT molecular complexity index is 328. The predicted molar refractivity (Wildman–Crippen MR) is 53.7 cm³/mol. The zero-order valence-corrected chi connectivity index (χ0v) is 7.77. The predicted octanol–water partition coefficient (Wildman–Crippen LogP) is 2.40. The van der Waals surface area contributed by atoms with Gasteiger partial charge in [0.05, 0.1) is 6.10 Å². The van der Waals surface area contributed by atoms with E-state index in [2.05, 4.69) is 37.3 Å². The molecule has 1 aromatic rings. The van der Waals surface area contributed by atoms with Crippen LogP contribution in [-0.4, -0.2) is 11.2 Å². The van der Waals surface area contributed by atoms with E-state index in [1.165, 1.54) is 11.1 Å². The SMILES string of the molecule is Cc1cccc([C@@H]2C=C[C@@H](O)C2)c1. The quantitative estimate of drug-likeness (QED) is 0.648. The lowest BCUT2D eigenvalue weighted by atomic mass is 9.97. The molecule has 0 saturated heterocycles. The van der Waals surface area contributed by atoms with Crippen molar-refractivity contribution < 1.29 is 5.11 Å². The summed E-state index contributed by atoms with van der Waals surface area (Å²) in [5, 5.41) is 9.34. The van der Waals surface area contributed by atoms with Crippen molar-refractivity contribution >= 4 is 0 Å². The normalized spacial score (nSPS) is 26.6. The van der Waals surface area contributed by atoms with Gasteiger partial charge < -0.3 is 5.11 Å². The second-order valence-electron chi connectivity index (χ2n) is 3.71. The summed E-state index contributed by atoms with van der Waals surface area (Å²) in [7, 11) is 0. The molecule has 0 radical (unpaired) electrons. The van der Waals surface area contributed by atoms with E-state index in [4.69, 9.17) is 0 Å². The lowest BCUT2D eigenvalue weighted by Gasteiger charge is -2.09. The molecule has 1 aliphatic carbocycles. The summed E-state index contributed by atoms with van der Waals surface area (Å²) in [5.74, 6) is 0.412. The van der Waals surface area contributed by atoms with Crippen LogP contribution in [0, 0.1) is 6.92 Å². The monoisotopic (exact) mass is 174 g/mol. The van der Waals surface area contributed by atoms with Crippen LogP contribution >= 0.6 is 0 Å². The molecular weight excluding hydrogens is 160 g/mol. The van der Waals surface area contributed by atoms with E-state index in [-0.39, 0.29) is 6.10 Å². The van der Waals surface area contributed by atoms with Gasteiger partial charge >= 0.3 is 0 Å². The van der Waals surface area contributed by atoms with Crippen molar-refractivity contribution in [2.75, 3.05) is 0 Å². The Morgan fingerprint density at radius 1 is 1.31 bits per heavy atom. The average molecular weight is 174 g/mol. The minimum absolute atomic E-state index is 0.245. The Kier molecular flexibility index (Phi) is 2.19. The first-order valence-corrected chi connectivity index (χ1v) is 4.68. The molecule has 68 valence electrons. The standard InChI is InChI=1S/C12H14O/c1-9-3-2-4-10(7-9)11-5-6-12(13)8-11/h2-7,11-13H,8H2,1H3/t11-,12-/m1/s1. The molecule has 0 fully saturated rings. The zero-order chi connectivity index (χ0) is 9.26. The van der Waals surface area contributed by atoms with Gasteiger partial charge in [-0.1, -0.05) is 42.0 Å². The maximum Gasteiger partial charge on any atom is 0.0729 e. The number of allylic oxidation sites excluding steroid dienone is 1. The van der Waals surface area contributed by atoms with Crippen LogP contribution in [-0.2, 0) is 0 Å². The number of hydrogen-bond donors (Lipinski definition) is 1. The van der Waals surface area contributed by atoms with Crippen molar-refractivity contribution in [1.29, 1.82) is 0 Å². The Balaban J connectivity index is 2.22. The van der Waals surface area contributed by atoms with Crippen molar-refractivity contribution in [3.8, 4) is 0 Å². The maximum absolute atomic E-state index is 9.34. The van der Waals surface area contributed by atoms with Gasteiger partial charge in [0.1, 0.15) is 0 Å². The molecule has 1 heteroatoms. The molecule has 0 aromatic heterocycles. The van der Waals surface area contributed by atoms with Gasteiger partial charge in [0, 0.05) is 5.92 Å². The van der Waals surface area contributed by atoms with E-state index in [0.29, 0.717) is 5.92 Å². The number of rotatable bonds is 1. The van der Waals surface area contributed by atoms with E-state index >= 15 is 0 Å². The van der Waals surface area contributed by atoms with Crippen molar-refractivity contribution in [1.82, 2.24) is 0 Å². The van der Waals surface area contributed by atoms with Crippen LogP contribution in [0.2, 0.25) is 0 Å². The smallest absolute Gasteiger partial charge is 0.0729 e. The summed E-state index contributed by atoms with van der Waals surface area (Å²) in [6.45, 7) is 2.10. The number of aliphatic hydroxyl groups excluding tert-OH is 1. The van der Waals surface area contributed by atoms with Gasteiger partial charge in [-0.05, 0) is 18.9 Å².